The van der Waals surface area contributed by atoms with Gasteiger partial charge < -0.3 is 15.0 Å². The number of likely N-dealkylation sites (N-methyl/N-ethyl adjacent to an activating group) is 2. The van der Waals surface area contributed by atoms with E-state index < -0.39 is 0 Å². The smallest absolute Gasteiger partial charge is 0.0701 e. The van der Waals surface area contributed by atoms with Crippen molar-refractivity contribution in [3.8, 4) is 0 Å². The molecule has 17 heavy (non-hydrogen) atoms. The zero-order chi connectivity index (χ0) is 12.5. The maximum atomic E-state index is 5.79. The highest BCUT2D eigenvalue weighted by Crippen LogP contribution is 2.13. The highest BCUT2D eigenvalue weighted by atomic mass is 16.5. The van der Waals surface area contributed by atoms with Crippen LogP contribution in [0.4, 0.5) is 0 Å². The molecular formula is C14H30N2O. The van der Waals surface area contributed by atoms with Crippen molar-refractivity contribution in [3.05, 3.63) is 0 Å². The second-order valence-corrected chi connectivity index (χ2v) is 5.25. The number of hydrogen-bond donors (Lipinski definition) is 1. The van der Waals surface area contributed by atoms with E-state index in [2.05, 4.69) is 31.1 Å². The van der Waals surface area contributed by atoms with E-state index in [1.54, 1.807) is 0 Å². The Kier molecular flexibility index (Phi) is 7.82. The average molecular weight is 242 g/mol. The normalized spacial score (nSPS) is 22.9. The Hall–Kier alpha value is -0.120. The van der Waals surface area contributed by atoms with Crippen LogP contribution in [0.5, 0.6) is 0 Å². The van der Waals surface area contributed by atoms with E-state index in [0.717, 1.165) is 26.2 Å². The van der Waals surface area contributed by atoms with Crippen LogP contribution < -0.4 is 5.32 Å². The predicted octanol–water partition coefficient (Wildman–Crippen LogP) is 2.27. The van der Waals surface area contributed by atoms with Crippen molar-refractivity contribution < 1.29 is 4.74 Å². The average Bonchev–Trinajstić information content (AvgIpc) is 2.30. The Morgan fingerprint density at radius 2 is 2.18 bits per heavy atom. The van der Waals surface area contributed by atoms with Crippen molar-refractivity contribution >= 4 is 0 Å². The molecule has 0 radical (unpaired) electrons. The molecule has 0 spiro atoms. The van der Waals surface area contributed by atoms with Gasteiger partial charge in [0.05, 0.1) is 6.10 Å². The third kappa shape index (κ3) is 6.39. The van der Waals surface area contributed by atoms with Gasteiger partial charge in [-0.15, -0.1) is 0 Å². The molecule has 0 amide bonds. The first-order valence-corrected chi connectivity index (χ1v) is 7.29. The monoisotopic (exact) mass is 242 g/mol. The predicted molar refractivity (Wildman–Crippen MR) is 73.5 cm³/mol. The summed E-state index contributed by atoms with van der Waals surface area (Å²) in [5.41, 5.74) is 0. The minimum Gasteiger partial charge on any atom is -0.377 e. The van der Waals surface area contributed by atoms with E-state index in [9.17, 15) is 0 Å². The molecule has 0 bridgehead atoms. The van der Waals surface area contributed by atoms with Crippen molar-refractivity contribution in [3.63, 3.8) is 0 Å². The Morgan fingerprint density at radius 1 is 1.35 bits per heavy atom. The van der Waals surface area contributed by atoms with E-state index in [4.69, 9.17) is 4.74 Å². The van der Waals surface area contributed by atoms with Gasteiger partial charge in [-0.05, 0) is 39.3 Å². The van der Waals surface area contributed by atoms with Gasteiger partial charge in [0.1, 0.15) is 0 Å². The van der Waals surface area contributed by atoms with Gasteiger partial charge in [0.15, 0.2) is 0 Å². The lowest BCUT2D eigenvalue weighted by atomic mass is 10.1. The summed E-state index contributed by atoms with van der Waals surface area (Å²) in [6.45, 7) is 8.71. The highest BCUT2D eigenvalue weighted by molar-refractivity contribution is 4.73. The van der Waals surface area contributed by atoms with Gasteiger partial charge in [0.2, 0.25) is 0 Å². The van der Waals surface area contributed by atoms with Crippen molar-refractivity contribution in [2.45, 2.75) is 58.1 Å². The molecule has 0 aromatic rings. The van der Waals surface area contributed by atoms with Crippen LogP contribution in [0.2, 0.25) is 0 Å². The summed E-state index contributed by atoms with van der Waals surface area (Å²) in [5, 5.41) is 3.57. The first kappa shape index (κ1) is 14.9. The van der Waals surface area contributed by atoms with Gasteiger partial charge in [-0.1, -0.05) is 20.3 Å². The van der Waals surface area contributed by atoms with Gasteiger partial charge >= 0.3 is 0 Å². The molecule has 0 aliphatic carbocycles. The van der Waals surface area contributed by atoms with Crippen LogP contribution >= 0.6 is 0 Å². The van der Waals surface area contributed by atoms with Crippen LogP contribution in [-0.2, 0) is 4.74 Å². The van der Waals surface area contributed by atoms with Crippen LogP contribution in [0.25, 0.3) is 0 Å². The van der Waals surface area contributed by atoms with Gasteiger partial charge in [-0.3, -0.25) is 0 Å². The van der Waals surface area contributed by atoms with E-state index >= 15 is 0 Å². The fraction of sp³-hybridized carbons (Fsp3) is 1.00. The standard InChI is InChI=1S/C14H30N2O/c1-4-8-13(15-5-2)11-16(3)12-14-9-6-7-10-17-14/h13-15H,4-12H2,1-3H3. The molecule has 2 atom stereocenters. The lowest BCUT2D eigenvalue weighted by molar-refractivity contribution is -0.00268. The molecule has 0 aromatic carbocycles. The summed E-state index contributed by atoms with van der Waals surface area (Å²) in [6, 6.07) is 0.638. The maximum Gasteiger partial charge on any atom is 0.0701 e. The first-order chi connectivity index (χ1) is 8.26. The summed E-state index contributed by atoms with van der Waals surface area (Å²) in [7, 11) is 2.22. The summed E-state index contributed by atoms with van der Waals surface area (Å²) in [6.07, 6.45) is 6.82. The Bertz CT molecular complexity index is 175. The molecule has 1 rings (SSSR count). The largest absolute Gasteiger partial charge is 0.377 e. The van der Waals surface area contributed by atoms with Crippen LogP contribution in [0.15, 0.2) is 0 Å². The molecule has 0 aromatic heterocycles. The van der Waals surface area contributed by atoms with E-state index in [-0.39, 0.29) is 0 Å². The molecule has 1 aliphatic heterocycles. The molecule has 1 heterocycles. The molecular weight excluding hydrogens is 212 g/mol. The number of nitrogens with zero attached hydrogens (tertiary/aromatic N) is 1. The summed E-state index contributed by atoms with van der Waals surface area (Å²) in [4.78, 5) is 2.43. The van der Waals surface area contributed by atoms with Crippen LogP contribution in [0.3, 0.4) is 0 Å². The topological polar surface area (TPSA) is 24.5 Å². The third-order valence-corrected chi connectivity index (χ3v) is 3.45. The first-order valence-electron chi connectivity index (χ1n) is 7.29. The van der Waals surface area contributed by atoms with E-state index in [0.29, 0.717) is 12.1 Å². The van der Waals surface area contributed by atoms with E-state index in [1.807, 2.05) is 0 Å². The number of nitrogens with one attached hydrogen (secondary N) is 1. The second kappa shape index (κ2) is 8.90. The Labute approximate surface area is 107 Å². The Morgan fingerprint density at radius 3 is 2.76 bits per heavy atom. The van der Waals surface area contributed by atoms with Crippen LogP contribution in [-0.4, -0.2) is 50.3 Å². The lowest BCUT2D eigenvalue weighted by Gasteiger charge is -2.30. The van der Waals surface area contributed by atoms with Crippen LogP contribution in [0, 0.1) is 0 Å². The number of rotatable bonds is 8. The van der Waals surface area contributed by atoms with Gasteiger partial charge in [0, 0.05) is 25.7 Å². The minimum absolute atomic E-state index is 0.470. The molecule has 1 N–H and O–H groups in total. The molecule has 3 nitrogen and oxygen atoms in total. The van der Waals surface area contributed by atoms with Gasteiger partial charge in [-0.25, -0.2) is 0 Å². The summed E-state index contributed by atoms with van der Waals surface area (Å²) < 4.78 is 5.79. The fourth-order valence-corrected chi connectivity index (χ4v) is 2.64. The second-order valence-electron chi connectivity index (χ2n) is 5.25. The third-order valence-electron chi connectivity index (χ3n) is 3.45. The molecule has 0 saturated carbocycles. The number of ether oxygens (including phenoxy) is 1. The van der Waals surface area contributed by atoms with Gasteiger partial charge in [-0.2, -0.15) is 0 Å². The van der Waals surface area contributed by atoms with Crippen molar-refractivity contribution in [1.82, 2.24) is 10.2 Å². The quantitative estimate of drug-likeness (QED) is 0.706. The number of hydrogen-bond acceptors (Lipinski definition) is 3. The molecule has 2 unspecified atom stereocenters. The highest BCUT2D eigenvalue weighted by Gasteiger charge is 2.17. The van der Waals surface area contributed by atoms with Crippen molar-refractivity contribution in [1.29, 1.82) is 0 Å². The zero-order valence-electron chi connectivity index (χ0n) is 11.9. The SMILES string of the molecule is CCCC(CN(C)CC1CCCCO1)NCC. The zero-order valence-corrected chi connectivity index (χ0v) is 11.9. The summed E-state index contributed by atoms with van der Waals surface area (Å²) >= 11 is 0. The van der Waals surface area contributed by atoms with Crippen molar-refractivity contribution in [2.75, 3.05) is 33.3 Å². The molecule has 3 heteroatoms. The maximum absolute atomic E-state index is 5.79. The summed E-state index contributed by atoms with van der Waals surface area (Å²) in [5.74, 6) is 0. The molecule has 1 aliphatic rings. The van der Waals surface area contributed by atoms with Gasteiger partial charge in [0.25, 0.3) is 0 Å². The van der Waals surface area contributed by atoms with E-state index in [1.165, 1.54) is 32.1 Å². The molecule has 1 saturated heterocycles. The fourth-order valence-electron chi connectivity index (χ4n) is 2.64. The minimum atomic E-state index is 0.470. The molecule has 102 valence electrons. The molecule has 1 fully saturated rings. The van der Waals surface area contributed by atoms with Crippen LogP contribution in [0.1, 0.15) is 46.0 Å². The van der Waals surface area contributed by atoms with Crippen molar-refractivity contribution in [2.24, 2.45) is 0 Å². The lowest BCUT2D eigenvalue weighted by Crippen LogP contribution is -2.42. The Balaban J connectivity index is 2.22.